The van der Waals surface area contributed by atoms with Gasteiger partial charge in [0.25, 0.3) is 0 Å². The standard InChI is InChI=1S/C14H27NO2/c1-11-4-3-5-13(8-11)17-10-14(15-2)12-6-7-16-9-12/h11-15H,3-10H2,1-2H3. The molecule has 2 fully saturated rings. The molecule has 1 aliphatic carbocycles. The SMILES string of the molecule is CNC(COC1CCCC(C)C1)C1CCOC1. The predicted octanol–water partition coefficient (Wildman–Crippen LogP) is 2.21. The van der Waals surface area contributed by atoms with Gasteiger partial charge in [0.05, 0.1) is 19.3 Å². The molecule has 4 unspecified atom stereocenters. The number of nitrogens with one attached hydrogen (secondary N) is 1. The summed E-state index contributed by atoms with van der Waals surface area (Å²) in [6.45, 7) is 5.01. The van der Waals surface area contributed by atoms with E-state index in [0.717, 1.165) is 25.7 Å². The maximum atomic E-state index is 6.10. The molecule has 1 N–H and O–H groups in total. The smallest absolute Gasteiger partial charge is 0.0626 e. The van der Waals surface area contributed by atoms with Crippen molar-refractivity contribution in [2.24, 2.45) is 11.8 Å². The quantitative estimate of drug-likeness (QED) is 0.800. The molecule has 3 heteroatoms. The van der Waals surface area contributed by atoms with E-state index in [1.807, 2.05) is 7.05 Å². The largest absolute Gasteiger partial charge is 0.381 e. The van der Waals surface area contributed by atoms with Crippen molar-refractivity contribution in [3.8, 4) is 0 Å². The molecule has 17 heavy (non-hydrogen) atoms. The third-order valence-electron chi connectivity index (χ3n) is 4.30. The zero-order valence-electron chi connectivity index (χ0n) is 11.3. The van der Waals surface area contributed by atoms with Crippen LogP contribution >= 0.6 is 0 Å². The summed E-state index contributed by atoms with van der Waals surface area (Å²) in [7, 11) is 2.04. The van der Waals surface area contributed by atoms with Crippen molar-refractivity contribution in [2.45, 2.75) is 51.2 Å². The topological polar surface area (TPSA) is 30.5 Å². The predicted molar refractivity (Wildman–Crippen MR) is 69.1 cm³/mol. The van der Waals surface area contributed by atoms with Crippen LogP contribution in [0.2, 0.25) is 0 Å². The second kappa shape index (κ2) is 6.72. The van der Waals surface area contributed by atoms with E-state index in [9.17, 15) is 0 Å². The van der Waals surface area contributed by atoms with Gasteiger partial charge in [0.1, 0.15) is 0 Å². The molecule has 1 heterocycles. The van der Waals surface area contributed by atoms with Gasteiger partial charge in [-0.1, -0.05) is 19.8 Å². The lowest BCUT2D eigenvalue weighted by molar-refractivity contribution is -0.00328. The normalized spacial score (nSPS) is 36.0. The third kappa shape index (κ3) is 3.94. The Morgan fingerprint density at radius 3 is 2.88 bits per heavy atom. The highest BCUT2D eigenvalue weighted by molar-refractivity contribution is 4.79. The van der Waals surface area contributed by atoms with Gasteiger partial charge in [0.15, 0.2) is 0 Å². The fourth-order valence-electron chi connectivity index (χ4n) is 3.09. The Balaban J connectivity index is 1.71. The van der Waals surface area contributed by atoms with Crippen LogP contribution in [0.25, 0.3) is 0 Å². The summed E-state index contributed by atoms with van der Waals surface area (Å²) in [6, 6.07) is 0.467. The minimum Gasteiger partial charge on any atom is -0.381 e. The van der Waals surface area contributed by atoms with Crippen LogP contribution in [0.1, 0.15) is 39.0 Å². The molecule has 1 aliphatic heterocycles. The highest BCUT2D eigenvalue weighted by Gasteiger charge is 2.26. The van der Waals surface area contributed by atoms with Crippen LogP contribution in [0.15, 0.2) is 0 Å². The highest BCUT2D eigenvalue weighted by Crippen LogP contribution is 2.26. The van der Waals surface area contributed by atoms with Gasteiger partial charge >= 0.3 is 0 Å². The Morgan fingerprint density at radius 1 is 1.35 bits per heavy atom. The van der Waals surface area contributed by atoms with Gasteiger partial charge in [-0.15, -0.1) is 0 Å². The van der Waals surface area contributed by atoms with Crippen LogP contribution in [0, 0.1) is 11.8 Å². The Morgan fingerprint density at radius 2 is 2.24 bits per heavy atom. The van der Waals surface area contributed by atoms with Gasteiger partial charge in [-0.2, -0.15) is 0 Å². The van der Waals surface area contributed by atoms with Crippen molar-refractivity contribution >= 4 is 0 Å². The van der Waals surface area contributed by atoms with Crippen molar-refractivity contribution in [3.63, 3.8) is 0 Å². The Hall–Kier alpha value is -0.120. The summed E-state index contributed by atoms with van der Waals surface area (Å²) >= 11 is 0. The molecular weight excluding hydrogens is 214 g/mol. The minimum absolute atomic E-state index is 0.467. The zero-order chi connectivity index (χ0) is 12.1. The summed E-state index contributed by atoms with van der Waals surface area (Å²) in [5, 5.41) is 3.39. The average molecular weight is 241 g/mol. The first-order chi connectivity index (χ1) is 8.29. The first-order valence-corrected chi connectivity index (χ1v) is 7.16. The van der Waals surface area contributed by atoms with Crippen LogP contribution in [-0.4, -0.2) is 39.0 Å². The van der Waals surface area contributed by atoms with Gasteiger partial charge in [-0.3, -0.25) is 0 Å². The van der Waals surface area contributed by atoms with E-state index >= 15 is 0 Å². The van der Waals surface area contributed by atoms with Crippen LogP contribution in [0.5, 0.6) is 0 Å². The fourth-order valence-corrected chi connectivity index (χ4v) is 3.09. The summed E-state index contributed by atoms with van der Waals surface area (Å²) in [4.78, 5) is 0. The number of hydrogen-bond acceptors (Lipinski definition) is 3. The molecule has 2 aliphatic rings. The maximum absolute atomic E-state index is 6.10. The van der Waals surface area contributed by atoms with Crippen molar-refractivity contribution in [1.29, 1.82) is 0 Å². The molecule has 0 radical (unpaired) electrons. The average Bonchev–Trinajstić information content (AvgIpc) is 2.84. The lowest BCUT2D eigenvalue weighted by Gasteiger charge is -2.29. The van der Waals surface area contributed by atoms with Crippen molar-refractivity contribution < 1.29 is 9.47 Å². The Kier molecular flexibility index (Phi) is 5.26. The lowest BCUT2D eigenvalue weighted by Crippen LogP contribution is -2.39. The molecule has 0 bridgehead atoms. The van der Waals surface area contributed by atoms with E-state index in [-0.39, 0.29) is 0 Å². The second-order valence-electron chi connectivity index (χ2n) is 5.75. The molecule has 0 aromatic carbocycles. The summed E-state index contributed by atoms with van der Waals surface area (Å²) < 4.78 is 11.6. The Labute approximate surface area is 105 Å². The molecule has 0 aromatic heterocycles. The molecule has 4 atom stereocenters. The fraction of sp³-hybridized carbons (Fsp3) is 1.00. The van der Waals surface area contributed by atoms with E-state index in [1.165, 1.54) is 32.1 Å². The number of rotatable bonds is 5. The molecule has 0 amide bonds. The van der Waals surface area contributed by atoms with E-state index in [1.54, 1.807) is 0 Å². The number of hydrogen-bond donors (Lipinski definition) is 1. The summed E-state index contributed by atoms with van der Waals surface area (Å²) in [5.74, 6) is 1.48. The summed E-state index contributed by atoms with van der Waals surface area (Å²) in [6.07, 6.45) is 6.89. The van der Waals surface area contributed by atoms with Crippen molar-refractivity contribution in [1.82, 2.24) is 5.32 Å². The van der Waals surface area contributed by atoms with Gasteiger partial charge in [0.2, 0.25) is 0 Å². The summed E-state index contributed by atoms with van der Waals surface area (Å²) in [5.41, 5.74) is 0. The van der Waals surface area contributed by atoms with Gasteiger partial charge < -0.3 is 14.8 Å². The molecule has 0 aromatic rings. The van der Waals surface area contributed by atoms with Crippen LogP contribution in [-0.2, 0) is 9.47 Å². The van der Waals surface area contributed by atoms with Crippen LogP contribution in [0.3, 0.4) is 0 Å². The molecule has 100 valence electrons. The van der Waals surface area contributed by atoms with Gasteiger partial charge in [0, 0.05) is 18.6 Å². The first-order valence-electron chi connectivity index (χ1n) is 7.16. The maximum Gasteiger partial charge on any atom is 0.0626 e. The zero-order valence-corrected chi connectivity index (χ0v) is 11.3. The number of likely N-dealkylation sites (N-methyl/N-ethyl adjacent to an activating group) is 1. The highest BCUT2D eigenvalue weighted by atomic mass is 16.5. The van der Waals surface area contributed by atoms with E-state index in [0.29, 0.717) is 18.1 Å². The van der Waals surface area contributed by atoms with Crippen LogP contribution in [0.4, 0.5) is 0 Å². The Bertz CT molecular complexity index is 216. The molecule has 0 spiro atoms. The first kappa shape index (κ1) is 13.3. The van der Waals surface area contributed by atoms with Gasteiger partial charge in [-0.25, -0.2) is 0 Å². The molecular formula is C14H27NO2. The monoisotopic (exact) mass is 241 g/mol. The minimum atomic E-state index is 0.467. The molecule has 1 saturated heterocycles. The van der Waals surface area contributed by atoms with E-state index in [4.69, 9.17) is 9.47 Å². The molecule has 2 rings (SSSR count). The number of ether oxygens (including phenoxy) is 2. The van der Waals surface area contributed by atoms with Crippen LogP contribution < -0.4 is 5.32 Å². The molecule has 1 saturated carbocycles. The van der Waals surface area contributed by atoms with Gasteiger partial charge in [-0.05, 0) is 32.2 Å². The van der Waals surface area contributed by atoms with Crippen molar-refractivity contribution in [3.05, 3.63) is 0 Å². The van der Waals surface area contributed by atoms with Crippen molar-refractivity contribution in [2.75, 3.05) is 26.9 Å². The van der Waals surface area contributed by atoms with E-state index in [2.05, 4.69) is 12.2 Å². The molecule has 3 nitrogen and oxygen atoms in total. The third-order valence-corrected chi connectivity index (χ3v) is 4.30. The lowest BCUT2D eigenvalue weighted by atomic mass is 9.88. The second-order valence-corrected chi connectivity index (χ2v) is 5.75. The van der Waals surface area contributed by atoms with E-state index < -0.39 is 0 Å².